The Bertz CT molecular complexity index is 509. The predicted octanol–water partition coefficient (Wildman–Crippen LogP) is 3.20. The van der Waals surface area contributed by atoms with Gasteiger partial charge in [0.15, 0.2) is 0 Å². The van der Waals surface area contributed by atoms with Crippen molar-refractivity contribution < 1.29 is 19.1 Å². The Hall–Kier alpha value is -1.82. The quantitative estimate of drug-likeness (QED) is 0.901. The smallest absolute Gasteiger partial charge is 0.323 e. The number of amides is 2. The molecule has 7 heteroatoms. The highest BCUT2D eigenvalue weighted by Crippen LogP contribution is 2.25. The molecule has 5 nitrogen and oxygen atoms in total. The number of aliphatic carboxylic acids is 1. The van der Waals surface area contributed by atoms with E-state index < -0.39 is 29.9 Å². The molecule has 0 saturated carbocycles. The zero-order valence-electron chi connectivity index (χ0n) is 11.4. The van der Waals surface area contributed by atoms with Gasteiger partial charge in [-0.2, -0.15) is 0 Å². The van der Waals surface area contributed by atoms with Crippen molar-refractivity contribution in [3.63, 3.8) is 0 Å². The Balaban J connectivity index is 3.00. The zero-order chi connectivity index (χ0) is 15.5. The number of para-hydroxylation sites is 1. The fourth-order valence-corrected chi connectivity index (χ4v) is 1.75. The third-order valence-electron chi connectivity index (χ3n) is 2.54. The summed E-state index contributed by atoms with van der Waals surface area (Å²) in [7, 11) is 0. The summed E-state index contributed by atoms with van der Waals surface area (Å²) in [4.78, 5) is 24.0. The molecule has 110 valence electrons. The van der Waals surface area contributed by atoms with Gasteiger partial charge in [0, 0.05) is 5.54 Å². The van der Waals surface area contributed by atoms with E-state index in [0.717, 1.165) is 11.0 Å². The number of hydrogen-bond acceptors (Lipinski definition) is 2. The highest BCUT2D eigenvalue weighted by molar-refractivity contribution is 6.33. The van der Waals surface area contributed by atoms with Gasteiger partial charge in [-0.3, -0.25) is 4.79 Å². The average molecular weight is 303 g/mol. The van der Waals surface area contributed by atoms with Crippen LogP contribution in [0.1, 0.15) is 20.8 Å². The highest BCUT2D eigenvalue weighted by Gasteiger charge is 2.29. The lowest BCUT2D eigenvalue weighted by atomic mass is 10.1. The van der Waals surface area contributed by atoms with Crippen LogP contribution in [0.5, 0.6) is 0 Å². The monoisotopic (exact) mass is 302 g/mol. The van der Waals surface area contributed by atoms with Gasteiger partial charge >= 0.3 is 12.0 Å². The minimum absolute atomic E-state index is 0.0440. The molecular weight excluding hydrogens is 287 g/mol. The van der Waals surface area contributed by atoms with Gasteiger partial charge < -0.3 is 15.3 Å². The van der Waals surface area contributed by atoms with Crippen LogP contribution in [0.3, 0.4) is 0 Å². The second kappa shape index (κ2) is 6.09. The van der Waals surface area contributed by atoms with E-state index in [1.165, 1.54) is 12.1 Å². The third-order valence-corrected chi connectivity index (χ3v) is 2.86. The number of halogens is 2. The van der Waals surface area contributed by atoms with Gasteiger partial charge in [-0.25, -0.2) is 9.18 Å². The summed E-state index contributed by atoms with van der Waals surface area (Å²) < 4.78 is 13.6. The van der Waals surface area contributed by atoms with Crippen LogP contribution in [0.25, 0.3) is 0 Å². The molecule has 0 radical (unpaired) electrons. The summed E-state index contributed by atoms with van der Waals surface area (Å²) in [6.07, 6.45) is 0. The largest absolute Gasteiger partial charge is 0.480 e. The standard InChI is InChI=1S/C13H16ClFN2O3/c1-13(2,3)17(7-10(18)19)12(20)16-11-8(14)5-4-6-9(11)15/h4-6H,7H2,1-3H3,(H,16,20)(H,18,19). The summed E-state index contributed by atoms with van der Waals surface area (Å²) in [5, 5.41) is 11.2. The van der Waals surface area contributed by atoms with Crippen LogP contribution < -0.4 is 5.32 Å². The van der Waals surface area contributed by atoms with Crippen LogP contribution in [0.4, 0.5) is 14.9 Å². The molecule has 0 saturated heterocycles. The number of anilines is 1. The Labute approximate surface area is 121 Å². The molecule has 1 aromatic rings. The molecule has 0 atom stereocenters. The van der Waals surface area contributed by atoms with Crippen molar-refractivity contribution in [2.75, 3.05) is 11.9 Å². The molecule has 0 aromatic heterocycles. The van der Waals surface area contributed by atoms with Crippen molar-refractivity contribution >= 4 is 29.3 Å². The molecule has 2 amide bonds. The Morgan fingerprint density at radius 2 is 2.00 bits per heavy atom. The van der Waals surface area contributed by atoms with Crippen molar-refractivity contribution in [2.24, 2.45) is 0 Å². The van der Waals surface area contributed by atoms with Crippen LogP contribution in [0.15, 0.2) is 18.2 Å². The first-order chi connectivity index (χ1) is 9.12. The lowest BCUT2D eigenvalue weighted by Gasteiger charge is -2.34. The van der Waals surface area contributed by atoms with Crippen molar-refractivity contribution in [2.45, 2.75) is 26.3 Å². The average Bonchev–Trinajstić information content (AvgIpc) is 2.29. The maximum absolute atomic E-state index is 13.6. The maximum atomic E-state index is 13.6. The normalized spacial score (nSPS) is 11.1. The van der Waals surface area contributed by atoms with Crippen molar-refractivity contribution in [1.29, 1.82) is 0 Å². The minimum Gasteiger partial charge on any atom is -0.480 e. The van der Waals surface area contributed by atoms with E-state index in [9.17, 15) is 14.0 Å². The van der Waals surface area contributed by atoms with Crippen LogP contribution in [-0.4, -0.2) is 34.1 Å². The van der Waals surface area contributed by atoms with Crippen molar-refractivity contribution in [3.8, 4) is 0 Å². The van der Waals surface area contributed by atoms with E-state index >= 15 is 0 Å². The fraction of sp³-hybridized carbons (Fsp3) is 0.385. The fourth-order valence-electron chi connectivity index (χ4n) is 1.54. The highest BCUT2D eigenvalue weighted by atomic mass is 35.5. The second-order valence-corrected chi connectivity index (χ2v) is 5.58. The van der Waals surface area contributed by atoms with Gasteiger partial charge in [-0.15, -0.1) is 0 Å². The number of rotatable bonds is 3. The van der Waals surface area contributed by atoms with Crippen LogP contribution in [-0.2, 0) is 4.79 Å². The lowest BCUT2D eigenvalue weighted by Crippen LogP contribution is -2.50. The molecule has 20 heavy (non-hydrogen) atoms. The molecule has 2 N–H and O–H groups in total. The summed E-state index contributed by atoms with van der Waals surface area (Å²) in [5.74, 6) is -1.84. The van der Waals surface area contributed by atoms with Crippen LogP contribution >= 0.6 is 11.6 Å². The van der Waals surface area contributed by atoms with Crippen LogP contribution in [0.2, 0.25) is 5.02 Å². The van der Waals surface area contributed by atoms with Crippen LogP contribution in [0, 0.1) is 5.82 Å². The first-order valence-electron chi connectivity index (χ1n) is 5.87. The number of nitrogens with one attached hydrogen (secondary N) is 1. The Morgan fingerprint density at radius 1 is 1.40 bits per heavy atom. The molecule has 1 rings (SSSR count). The number of carboxylic acids is 1. The van der Waals surface area contributed by atoms with E-state index in [-0.39, 0.29) is 10.7 Å². The molecule has 0 heterocycles. The number of benzene rings is 1. The van der Waals surface area contributed by atoms with E-state index in [0.29, 0.717) is 0 Å². The molecule has 0 aliphatic rings. The summed E-state index contributed by atoms with van der Waals surface area (Å²) >= 11 is 5.81. The first-order valence-corrected chi connectivity index (χ1v) is 6.25. The lowest BCUT2D eigenvalue weighted by molar-refractivity contribution is -0.138. The molecule has 0 spiro atoms. The molecule has 0 bridgehead atoms. The van der Waals surface area contributed by atoms with E-state index in [4.69, 9.17) is 16.7 Å². The Kier molecular flexibility index (Phi) is 4.94. The first kappa shape index (κ1) is 16.2. The topological polar surface area (TPSA) is 69.6 Å². The SMILES string of the molecule is CC(C)(C)N(CC(=O)O)C(=O)Nc1c(F)cccc1Cl. The van der Waals surface area contributed by atoms with Gasteiger partial charge in [0.1, 0.15) is 12.4 Å². The number of nitrogens with zero attached hydrogens (tertiary/aromatic N) is 1. The second-order valence-electron chi connectivity index (χ2n) is 5.18. The minimum atomic E-state index is -1.16. The Morgan fingerprint density at radius 3 is 2.45 bits per heavy atom. The van der Waals surface area contributed by atoms with Gasteiger partial charge in [-0.05, 0) is 32.9 Å². The van der Waals surface area contributed by atoms with Gasteiger partial charge in [-0.1, -0.05) is 17.7 Å². The molecule has 0 aliphatic carbocycles. The number of carbonyl (C=O) groups excluding carboxylic acids is 1. The predicted molar refractivity (Wildman–Crippen MR) is 74.5 cm³/mol. The van der Waals surface area contributed by atoms with E-state index in [1.807, 2.05) is 0 Å². The number of carbonyl (C=O) groups is 2. The molecule has 1 aromatic carbocycles. The molecule has 0 unspecified atom stereocenters. The van der Waals surface area contributed by atoms with Gasteiger partial charge in [0.25, 0.3) is 0 Å². The van der Waals surface area contributed by atoms with Crippen molar-refractivity contribution in [3.05, 3.63) is 29.0 Å². The summed E-state index contributed by atoms with van der Waals surface area (Å²) in [6.45, 7) is 4.54. The molecular formula is C13H16ClFN2O3. The third kappa shape index (κ3) is 4.09. The zero-order valence-corrected chi connectivity index (χ0v) is 12.2. The number of carboxylic acid groups (broad SMARTS) is 1. The number of hydrogen-bond donors (Lipinski definition) is 2. The summed E-state index contributed by atoms with van der Waals surface area (Å²) in [5.41, 5.74) is -0.904. The maximum Gasteiger partial charge on any atom is 0.323 e. The number of urea groups is 1. The van der Waals surface area contributed by atoms with Crippen molar-refractivity contribution in [1.82, 2.24) is 4.90 Å². The molecule has 0 aliphatic heterocycles. The van der Waals surface area contributed by atoms with E-state index in [2.05, 4.69) is 5.32 Å². The van der Waals surface area contributed by atoms with Gasteiger partial charge in [0.2, 0.25) is 0 Å². The molecule has 0 fully saturated rings. The van der Waals surface area contributed by atoms with E-state index in [1.54, 1.807) is 20.8 Å². The summed E-state index contributed by atoms with van der Waals surface area (Å²) in [6, 6.07) is 3.26. The van der Waals surface area contributed by atoms with Gasteiger partial charge in [0.05, 0.1) is 10.7 Å².